The summed E-state index contributed by atoms with van der Waals surface area (Å²) in [7, 11) is 1.52. The Morgan fingerprint density at radius 2 is 2.05 bits per heavy atom. The maximum atomic E-state index is 12.2. The normalized spacial score (nSPS) is 11.6. The molecule has 0 aliphatic heterocycles. The zero-order chi connectivity index (χ0) is 14.9. The molecule has 106 valence electrons. The van der Waals surface area contributed by atoms with Crippen LogP contribution in [0.15, 0.2) is 29.1 Å². The summed E-state index contributed by atoms with van der Waals surface area (Å²) in [4.78, 5) is 19.0. The molecule has 0 saturated heterocycles. The fraction of sp³-hybridized carbons (Fsp3) is 0.333. The Balaban J connectivity index is 2.61. The molecular weight excluding hydrogens is 256 g/mol. The maximum Gasteiger partial charge on any atom is 0.262 e. The summed E-state index contributed by atoms with van der Waals surface area (Å²) in [6.07, 6.45) is 0. The number of ether oxygens (including phenoxy) is 1. The van der Waals surface area contributed by atoms with Gasteiger partial charge in [0.1, 0.15) is 17.0 Å². The van der Waals surface area contributed by atoms with Crippen molar-refractivity contribution in [3.05, 3.63) is 46.0 Å². The Morgan fingerprint density at radius 3 is 2.60 bits per heavy atom. The van der Waals surface area contributed by atoms with Crippen LogP contribution < -0.4 is 5.56 Å². The summed E-state index contributed by atoms with van der Waals surface area (Å²) in [6.45, 7) is 5.44. The van der Waals surface area contributed by atoms with Crippen LogP contribution in [0, 0.1) is 6.92 Å². The van der Waals surface area contributed by atoms with Crippen molar-refractivity contribution in [2.45, 2.75) is 26.4 Å². The van der Waals surface area contributed by atoms with Gasteiger partial charge in [-0.05, 0) is 26.3 Å². The quantitative estimate of drug-likeness (QED) is 0.900. The lowest BCUT2D eigenvalue weighted by atomic mass is 10.0. The predicted molar refractivity (Wildman–Crippen MR) is 76.7 cm³/mol. The van der Waals surface area contributed by atoms with Gasteiger partial charge in [0.15, 0.2) is 0 Å². The summed E-state index contributed by atoms with van der Waals surface area (Å²) in [5.74, 6) is -0.00150. The number of aromatic hydroxyl groups is 1. The first-order chi connectivity index (χ1) is 9.35. The summed E-state index contributed by atoms with van der Waals surface area (Å²) in [6, 6.07) is 7.34. The molecule has 0 bridgehead atoms. The molecule has 1 aromatic heterocycles. The molecule has 0 saturated carbocycles. The summed E-state index contributed by atoms with van der Waals surface area (Å²) in [5.41, 5.74) is 0.648. The molecule has 0 spiro atoms. The number of aromatic amines is 1. The zero-order valence-electron chi connectivity index (χ0n) is 12.0. The number of H-pyrrole nitrogens is 1. The first-order valence-corrected chi connectivity index (χ1v) is 6.31. The maximum absolute atomic E-state index is 12.2. The second-order valence-corrected chi connectivity index (χ2v) is 5.20. The van der Waals surface area contributed by atoms with Gasteiger partial charge in [0.25, 0.3) is 5.56 Å². The van der Waals surface area contributed by atoms with Gasteiger partial charge in [0.05, 0.1) is 0 Å². The van der Waals surface area contributed by atoms with E-state index >= 15 is 0 Å². The number of aromatic nitrogens is 2. The average Bonchev–Trinajstić information content (AvgIpc) is 2.38. The van der Waals surface area contributed by atoms with Crippen molar-refractivity contribution in [2.75, 3.05) is 7.11 Å². The molecule has 2 aromatic rings. The van der Waals surface area contributed by atoms with Crippen LogP contribution in [0.3, 0.4) is 0 Å². The third-order valence-electron chi connectivity index (χ3n) is 3.29. The van der Waals surface area contributed by atoms with Crippen LogP contribution in [-0.2, 0) is 10.3 Å². The molecule has 0 aliphatic carbocycles. The SMILES string of the molecule is COC(C)(C)c1nc(O)c(-c2cccc(C)c2)c(=O)[nH]1. The van der Waals surface area contributed by atoms with Gasteiger partial charge in [0.2, 0.25) is 5.88 Å². The van der Waals surface area contributed by atoms with Crippen molar-refractivity contribution in [2.24, 2.45) is 0 Å². The Kier molecular flexibility index (Phi) is 3.63. The Morgan fingerprint density at radius 1 is 1.35 bits per heavy atom. The minimum absolute atomic E-state index is 0.171. The van der Waals surface area contributed by atoms with Gasteiger partial charge >= 0.3 is 0 Å². The van der Waals surface area contributed by atoms with Crippen LogP contribution in [0.5, 0.6) is 5.88 Å². The molecule has 5 nitrogen and oxygen atoms in total. The van der Waals surface area contributed by atoms with Crippen LogP contribution in [0.4, 0.5) is 0 Å². The first-order valence-electron chi connectivity index (χ1n) is 6.31. The van der Waals surface area contributed by atoms with Crippen molar-refractivity contribution in [1.82, 2.24) is 9.97 Å². The first kappa shape index (κ1) is 14.3. The molecule has 0 unspecified atom stereocenters. The minimum atomic E-state index is -0.776. The summed E-state index contributed by atoms with van der Waals surface area (Å²) < 4.78 is 5.25. The lowest BCUT2D eigenvalue weighted by molar-refractivity contribution is 0.0108. The van der Waals surface area contributed by atoms with Gasteiger partial charge in [-0.25, -0.2) is 0 Å². The summed E-state index contributed by atoms with van der Waals surface area (Å²) >= 11 is 0. The van der Waals surface area contributed by atoms with Gasteiger partial charge in [-0.2, -0.15) is 4.98 Å². The Labute approximate surface area is 117 Å². The van der Waals surface area contributed by atoms with Gasteiger partial charge in [-0.15, -0.1) is 0 Å². The van der Waals surface area contributed by atoms with Crippen molar-refractivity contribution in [1.29, 1.82) is 0 Å². The van der Waals surface area contributed by atoms with E-state index in [4.69, 9.17) is 4.74 Å². The zero-order valence-corrected chi connectivity index (χ0v) is 12.0. The van der Waals surface area contributed by atoms with Crippen LogP contribution in [0.1, 0.15) is 25.2 Å². The van der Waals surface area contributed by atoms with E-state index in [1.54, 1.807) is 19.9 Å². The molecule has 2 rings (SSSR count). The highest BCUT2D eigenvalue weighted by molar-refractivity contribution is 5.67. The monoisotopic (exact) mass is 274 g/mol. The second-order valence-electron chi connectivity index (χ2n) is 5.20. The van der Waals surface area contributed by atoms with Crippen LogP contribution >= 0.6 is 0 Å². The van der Waals surface area contributed by atoms with E-state index in [0.29, 0.717) is 11.4 Å². The number of hydrogen-bond acceptors (Lipinski definition) is 4. The fourth-order valence-electron chi connectivity index (χ4n) is 1.90. The molecule has 1 heterocycles. The number of hydrogen-bond donors (Lipinski definition) is 2. The topological polar surface area (TPSA) is 75.2 Å². The van der Waals surface area contributed by atoms with Gasteiger partial charge in [-0.3, -0.25) is 4.79 Å². The van der Waals surface area contributed by atoms with E-state index in [0.717, 1.165) is 5.56 Å². The molecule has 0 radical (unpaired) electrons. The Hall–Kier alpha value is -2.14. The predicted octanol–water partition coefficient (Wildman–Crippen LogP) is 2.33. The molecule has 20 heavy (non-hydrogen) atoms. The molecule has 0 fully saturated rings. The molecule has 0 aliphatic rings. The van der Waals surface area contributed by atoms with E-state index in [1.165, 1.54) is 7.11 Å². The number of nitrogens with zero attached hydrogens (tertiary/aromatic N) is 1. The van der Waals surface area contributed by atoms with E-state index in [1.807, 2.05) is 25.1 Å². The number of benzene rings is 1. The van der Waals surface area contributed by atoms with Crippen molar-refractivity contribution in [3.63, 3.8) is 0 Å². The molecule has 5 heteroatoms. The highest BCUT2D eigenvalue weighted by atomic mass is 16.5. The van der Waals surface area contributed by atoms with Gasteiger partial charge in [0, 0.05) is 7.11 Å². The third kappa shape index (κ3) is 2.58. The highest BCUT2D eigenvalue weighted by Crippen LogP contribution is 2.27. The molecule has 2 N–H and O–H groups in total. The Bertz CT molecular complexity index is 690. The van der Waals surface area contributed by atoms with Crippen LogP contribution in [-0.4, -0.2) is 22.2 Å². The average molecular weight is 274 g/mol. The number of rotatable bonds is 3. The van der Waals surface area contributed by atoms with Crippen molar-refractivity contribution < 1.29 is 9.84 Å². The molecule has 1 aromatic carbocycles. The number of nitrogens with one attached hydrogen (secondary N) is 1. The number of aryl methyl sites for hydroxylation is 1. The van der Waals surface area contributed by atoms with Crippen molar-refractivity contribution in [3.8, 4) is 17.0 Å². The van der Waals surface area contributed by atoms with Crippen molar-refractivity contribution >= 4 is 0 Å². The smallest absolute Gasteiger partial charge is 0.262 e. The molecular formula is C15H18N2O3. The third-order valence-corrected chi connectivity index (χ3v) is 3.29. The van der Waals surface area contributed by atoms with Gasteiger partial charge in [-0.1, -0.05) is 29.8 Å². The molecule has 0 amide bonds. The highest BCUT2D eigenvalue weighted by Gasteiger charge is 2.25. The summed E-state index contributed by atoms with van der Waals surface area (Å²) in [5, 5.41) is 10.1. The van der Waals surface area contributed by atoms with E-state index in [-0.39, 0.29) is 17.0 Å². The second kappa shape index (κ2) is 5.09. The lowest BCUT2D eigenvalue weighted by Crippen LogP contribution is -2.27. The molecule has 0 atom stereocenters. The fourth-order valence-corrected chi connectivity index (χ4v) is 1.90. The standard InChI is InChI=1S/C15H18N2O3/c1-9-6-5-7-10(8-9)11-12(18)16-14(17-13(11)19)15(2,3)20-4/h5-8H,1-4H3,(H2,16,17,18,19). The van der Waals surface area contributed by atoms with E-state index in [9.17, 15) is 9.90 Å². The number of methoxy groups -OCH3 is 1. The van der Waals surface area contributed by atoms with Crippen LogP contribution in [0.2, 0.25) is 0 Å². The minimum Gasteiger partial charge on any atom is -0.493 e. The van der Waals surface area contributed by atoms with E-state index in [2.05, 4.69) is 9.97 Å². The van der Waals surface area contributed by atoms with Crippen LogP contribution in [0.25, 0.3) is 11.1 Å². The van der Waals surface area contributed by atoms with Gasteiger partial charge < -0.3 is 14.8 Å². The lowest BCUT2D eigenvalue weighted by Gasteiger charge is -2.21. The largest absolute Gasteiger partial charge is 0.493 e. The van der Waals surface area contributed by atoms with E-state index < -0.39 is 5.60 Å².